The number of nitrogens with zero attached hydrogens (tertiary/aromatic N) is 2. The maximum Gasteiger partial charge on any atom is 0.314 e. The molecule has 0 radical (unpaired) electrons. The van der Waals surface area contributed by atoms with Crippen molar-refractivity contribution in [3.8, 4) is 0 Å². The number of rotatable bonds is 2. The van der Waals surface area contributed by atoms with Gasteiger partial charge in [-0.15, -0.1) is 0 Å². The summed E-state index contributed by atoms with van der Waals surface area (Å²) in [6.45, 7) is 0.459. The molecule has 17 heavy (non-hydrogen) atoms. The first-order valence-electron chi connectivity index (χ1n) is 5.38. The van der Waals surface area contributed by atoms with Crippen LogP contribution in [0.3, 0.4) is 0 Å². The van der Waals surface area contributed by atoms with E-state index in [-0.39, 0.29) is 5.91 Å². The molecule has 0 aromatic heterocycles. The summed E-state index contributed by atoms with van der Waals surface area (Å²) in [6.07, 6.45) is 0.431. The van der Waals surface area contributed by atoms with E-state index in [4.69, 9.17) is 5.73 Å². The predicted molar refractivity (Wildman–Crippen MR) is 64.6 cm³/mol. The second-order valence-electron chi connectivity index (χ2n) is 4.29. The van der Waals surface area contributed by atoms with Crippen molar-refractivity contribution in [1.82, 2.24) is 4.90 Å². The summed E-state index contributed by atoms with van der Waals surface area (Å²) >= 11 is 0. The van der Waals surface area contributed by atoms with E-state index in [0.717, 1.165) is 16.8 Å². The molecule has 90 valence electrons. The Kier molecular flexibility index (Phi) is 2.75. The Morgan fingerprint density at radius 2 is 2.24 bits per heavy atom. The Morgan fingerprint density at radius 3 is 2.88 bits per heavy atom. The number of nitrogens with two attached hydrogens (primary N) is 1. The van der Waals surface area contributed by atoms with E-state index < -0.39 is 6.03 Å². The van der Waals surface area contributed by atoms with Gasteiger partial charge in [0, 0.05) is 26.3 Å². The van der Waals surface area contributed by atoms with Crippen LogP contribution in [0, 0.1) is 0 Å². The third-order valence-electron chi connectivity index (χ3n) is 3.02. The molecule has 2 rings (SSSR count). The molecule has 1 aliphatic rings. The lowest BCUT2D eigenvalue weighted by Crippen LogP contribution is -2.31. The van der Waals surface area contributed by atoms with Crippen LogP contribution in [0.1, 0.15) is 11.1 Å². The number of carbonyl (C=O) groups excluding carboxylic acids is 2. The lowest BCUT2D eigenvalue weighted by molar-refractivity contribution is -0.117. The molecule has 0 spiro atoms. The molecule has 5 nitrogen and oxygen atoms in total. The first-order valence-corrected chi connectivity index (χ1v) is 5.38. The largest absolute Gasteiger partial charge is 0.351 e. The van der Waals surface area contributed by atoms with Crippen LogP contribution in [0.25, 0.3) is 0 Å². The lowest BCUT2D eigenvalue weighted by Gasteiger charge is -2.15. The number of hydrogen-bond donors (Lipinski definition) is 1. The monoisotopic (exact) mass is 233 g/mol. The fraction of sp³-hybridized carbons (Fsp3) is 0.333. The van der Waals surface area contributed by atoms with Crippen LogP contribution < -0.4 is 10.6 Å². The molecule has 1 aromatic carbocycles. The molecule has 5 heteroatoms. The molecule has 0 atom stereocenters. The van der Waals surface area contributed by atoms with Gasteiger partial charge in [-0.1, -0.05) is 12.1 Å². The summed E-state index contributed by atoms with van der Waals surface area (Å²) < 4.78 is 0. The minimum Gasteiger partial charge on any atom is -0.351 e. The zero-order valence-corrected chi connectivity index (χ0v) is 9.93. The number of carbonyl (C=O) groups is 2. The van der Waals surface area contributed by atoms with E-state index in [1.807, 2.05) is 18.2 Å². The minimum atomic E-state index is -0.460. The number of likely N-dealkylation sites (N-methyl/N-ethyl adjacent to an activating group) is 1. The van der Waals surface area contributed by atoms with Crippen LogP contribution in [0.2, 0.25) is 0 Å². The molecular formula is C12H15N3O2. The predicted octanol–water partition coefficient (Wildman–Crippen LogP) is 0.716. The second kappa shape index (κ2) is 4.08. The summed E-state index contributed by atoms with van der Waals surface area (Å²) in [5.41, 5.74) is 8.10. The highest BCUT2D eigenvalue weighted by Crippen LogP contribution is 2.28. The molecule has 0 unspecified atom stereocenters. The van der Waals surface area contributed by atoms with Gasteiger partial charge in [-0.05, 0) is 17.2 Å². The van der Waals surface area contributed by atoms with Crippen LogP contribution in [0.5, 0.6) is 0 Å². The number of anilines is 1. The Morgan fingerprint density at radius 1 is 1.53 bits per heavy atom. The average Bonchev–Trinajstić information content (AvgIpc) is 2.54. The summed E-state index contributed by atoms with van der Waals surface area (Å²) in [7, 11) is 3.41. The van der Waals surface area contributed by atoms with Gasteiger partial charge in [-0.3, -0.25) is 4.79 Å². The topological polar surface area (TPSA) is 66.6 Å². The second-order valence-corrected chi connectivity index (χ2v) is 4.29. The Hall–Kier alpha value is -2.04. The van der Waals surface area contributed by atoms with Crippen molar-refractivity contribution in [3.05, 3.63) is 29.3 Å². The van der Waals surface area contributed by atoms with Crippen molar-refractivity contribution in [2.24, 2.45) is 5.73 Å². The third kappa shape index (κ3) is 2.08. The maximum absolute atomic E-state index is 11.5. The third-order valence-corrected chi connectivity index (χ3v) is 3.02. The quantitative estimate of drug-likeness (QED) is 0.817. The van der Waals surface area contributed by atoms with Crippen LogP contribution >= 0.6 is 0 Å². The zero-order chi connectivity index (χ0) is 12.6. The Labute approximate surface area is 99.8 Å². The summed E-state index contributed by atoms with van der Waals surface area (Å²) in [5, 5.41) is 0. The summed E-state index contributed by atoms with van der Waals surface area (Å²) in [4.78, 5) is 25.5. The van der Waals surface area contributed by atoms with Gasteiger partial charge in [0.05, 0.1) is 6.42 Å². The van der Waals surface area contributed by atoms with Crippen LogP contribution in [-0.4, -0.2) is 30.9 Å². The lowest BCUT2D eigenvalue weighted by atomic mass is 10.1. The fourth-order valence-corrected chi connectivity index (χ4v) is 1.97. The molecule has 1 aliphatic heterocycles. The highest BCUT2D eigenvalue weighted by atomic mass is 16.2. The van der Waals surface area contributed by atoms with Gasteiger partial charge in [0.25, 0.3) is 0 Å². The molecule has 0 saturated carbocycles. The van der Waals surface area contributed by atoms with Crippen molar-refractivity contribution in [2.45, 2.75) is 13.0 Å². The van der Waals surface area contributed by atoms with Crippen LogP contribution in [0.15, 0.2) is 18.2 Å². The van der Waals surface area contributed by atoms with E-state index in [0.29, 0.717) is 13.0 Å². The SMILES string of the molecule is CN(Cc1ccc2c(c1)CC(=O)N2C)C(N)=O. The van der Waals surface area contributed by atoms with Gasteiger partial charge in [-0.25, -0.2) is 4.79 Å². The molecule has 0 bridgehead atoms. The molecule has 0 saturated heterocycles. The van der Waals surface area contributed by atoms with Crippen LogP contribution in [-0.2, 0) is 17.8 Å². The van der Waals surface area contributed by atoms with Crippen molar-refractivity contribution in [1.29, 1.82) is 0 Å². The number of benzene rings is 1. The van der Waals surface area contributed by atoms with E-state index >= 15 is 0 Å². The molecule has 0 fully saturated rings. The molecule has 0 aliphatic carbocycles. The highest BCUT2D eigenvalue weighted by molar-refractivity contribution is 6.00. The average molecular weight is 233 g/mol. The Balaban J connectivity index is 2.21. The van der Waals surface area contributed by atoms with Gasteiger partial charge >= 0.3 is 6.03 Å². The highest BCUT2D eigenvalue weighted by Gasteiger charge is 2.23. The first kappa shape index (κ1) is 11.4. The van der Waals surface area contributed by atoms with Crippen molar-refractivity contribution in [2.75, 3.05) is 19.0 Å². The molecule has 1 heterocycles. The number of hydrogen-bond acceptors (Lipinski definition) is 2. The van der Waals surface area contributed by atoms with Gasteiger partial charge in [-0.2, -0.15) is 0 Å². The maximum atomic E-state index is 11.5. The van der Waals surface area contributed by atoms with Crippen molar-refractivity contribution in [3.63, 3.8) is 0 Å². The smallest absolute Gasteiger partial charge is 0.314 e. The van der Waals surface area contributed by atoms with Crippen molar-refractivity contribution >= 4 is 17.6 Å². The number of primary amides is 1. The Bertz CT molecular complexity index is 485. The zero-order valence-electron chi connectivity index (χ0n) is 9.93. The molecule has 1 aromatic rings. The molecule has 3 amide bonds. The molecule has 2 N–H and O–H groups in total. The standard InChI is InChI=1S/C12H15N3O2/c1-14(12(13)17)7-8-3-4-10-9(5-8)6-11(16)15(10)2/h3-5H,6-7H2,1-2H3,(H2,13,17). The van der Waals surface area contributed by atoms with E-state index in [1.54, 1.807) is 19.0 Å². The molecular weight excluding hydrogens is 218 g/mol. The van der Waals surface area contributed by atoms with E-state index in [9.17, 15) is 9.59 Å². The normalized spacial score (nSPS) is 13.8. The van der Waals surface area contributed by atoms with Crippen LogP contribution in [0.4, 0.5) is 10.5 Å². The van der Waals surface area contributed by atoms with Gasteiger partial charge < -0.3 is 15.5 Å². The van der Waals surface area contributed by atoms with Gasteiger partial charge in [0.1, 0.15) is 0 Å². The number of fused-ring (bicyclic) bond motifs is 1. The van der Waals surface area contributed by atoms with E-state index in [2.05, 4.69) is 0 Å². The first-order chi connectivity index (χ1) is 7.99. The summed E-state index contributed by atoms with van der Waals surface area (Å²) in [5.74, 6) is 0.0976. The fourth-order valence-electron chi connectivity index (χ4n) is 1.97. The van der Waals surface area contributed by atoms with Gasteiger partial charge in [0.2, 0.25) is 5.91 Å². The minimum absolute atomic E-state index is 0.0976. The van der Waals surface area contributed by atoms with E-state index in [1.165, 1.54) is 4.90 Å². The number of urea groups is 1. The van der Waals surface area contributed by atoms with Crippen molar-refractivity contribution < 1.29 is 9.59 Å². The number of amides is 3. The van der Waals surface area contributed by atoms with Gasteiger partial charge in [0.15, 0.2) is 0 Å². The summed E-state index contributed by atoms with van der Waals surface area (Å²) in [6, 6.07) is 5.31.